The van der Waals surface area contributed by atoms with Gasteiger partial charge in [0.05, 0.1) is 11.4 Å². The maximum absolute atomic E-state index is 4.91. The minimum absolute atomic E-state index is 0.568. The number of fused-ring (bicyclic) bond motifs is 1. The third-order valence-electron chi connectivity index (χ3n) is 5.58. The zero-order valence-electron chi connectivity index (χ0n) is 12.3. The third-order valence-corrected chi connectivity index (χ3v) is 6.34. The molecule has 21 heavy (non-hydrogen) atoms. The minimum atomic E-state index is 0.568. The summed E-state index contributed by atoms with van der Waals surface area (Å²) < 4.78 is 2.34. The molecule has 1 spiro atoms. The molecule has 0 aromatic carbocycles. The molecule has 112 valence electrons. The van der Waals surface area contributed by atoms with Gasteiger partial charge in [-0.05, 0) is 44.2 Å². The Morgan fingerprint density at radius 3 is 3.14 bits per heavy atom. The van der Waals surface area contributed by atoms with Gasteiger partial charge in [0.15, 0.2) is 4.96 Å². The molecular weight excluding hydrogens is 280 g/mol. The van der Waals surface area contributed by atoms with Crippen molar-refractivity contribution < 1.29 is 0 Å². The largest absolute Gasteiger partial charge is 0.316 e. The van der Waals surface area contributed by atoms with Crippen molar-refractivity contribution in [2.24, 2.45) is 5.41 Å². The molecule has 5 rings (SSSR count). The zero-order valence-corrected chi connectivity index (χ0v) is 13.2. The Morgan fingerprint density at radius 1 is 1.38 bits per heavy atom. The van der Waals surface area contributed by atoms with Gasteiger partial charge in [0.1, 0.15) is 0 Å². The van der Waals surface area contributed by atoms with Crippen LogP contribution in [-0.2, 0) is 6.54 Å². The van der Waals surface area contributed by atoms with Gasteiger partial charge in [-0.3, -0.25) is 9.30 Å². The van der Waals surface area contributed by atoms with Crippen molar-refractivity contribution in [3.63, 3.8) is 0 Å². The van der Waals surface area contributed by atoms with Crippen LogP contribution in [0.5, 0.6) is 0 Å². The smallest absolute Gasteiger partial charge is 0.194 e. The summed E-state index contributed by atoms with van der Waals surface area (Å²) in [5, 5.41) is 5.72. The number of aromatic nitrogens is 2. The Kier molecular flexibility index (Phi) is 2.73. The van der Waals surface area contributed by atoms with Gasteiger partial charge in [0.2, 0.25) is 0 Å². The van der Waals surface area contributed by atoms with Crippen molar-refractivity contribution in [3.8, 4) is 0 Å². The first-order valence-corrected chi connectivity index (χ1v) is 9.08. The molecule has 0 bridgehead atoms. The van der Waals surface area contributed by atoms with Crippen molar-refractivity contribution in [1.29, 1.82) is 0 Å². The highest BCUT2D eigenvalue weighted by Crippen LogP contribution is 2.43. The van der Waals surface area contributed by atoms with Crippen LogP contribution < -0.4 is 5.32 Å². The molecular formula is C16H22N4S. The Labute approximate surface area is 129 Å². The minimum Gasteiger partial charge on any atom is -0.316 e. The lowest BCUT2D eigenvalue weighted by Crippen LogP contribution is -2.29. The lowest BCUT2D eigenvalue weighted by atomic mass is 9.87. The first-order chi connectivity index (χ1) is 10.3. The van der Waals surface area contributed by atoms with Gasteiger partial charge in [-0.25, -0.2) is 4.98 Å². The number of thiazole rings is 1. The molecule has 1 N–H and O–H groups in total. The van der Waals surface area contributed by atoms with E-state index >= 15 is 0 Å². The van der Waals surface area contributed by atoms with Gasteiger partial charge in [0.25, 0.3) is 0 Å². The third kappa shape index (κ3) is 2.05. The van der Waals surface area contributed by atoms with E-state index in [1.807, 2.05) is 0 Å². The summed E-state index contributed by atoms with van der Waals surface area (Å²) in [6.07, 6.45) is 7.61. The quantitative estimate of drug-likeness (QED) is 0.945. The lowest BCUT2D eigenvalue weighted by molar-refractivity contribution is 0.265. The number of likely N-dealkylation sites (tertiary alicyclic amines) is 1. The molecule has 1 saturated carbocycles. The van der Waals surface area contributed by atoms with E-state index in [4.69, 9.17) is 4.98 Å². The molecule has 0 radical (unpaired) electrons. The van der Waals surface area contributed by atoms with E-state index in [0.717, 1.165) is 12.5 Å². The van der Waals surface area contributed by atoms with Crippen molar-refractivity contribution in [2.45, 2.75) is 38.1 Å². The van der Waals surface area contributed by atoms with Crippen LogP contribution in [0.3, 0.4) is 0 Å². The van der Waals surface area contributed by atoms with E-state index in [1.54, 1.807) is 11.3 Å². The molecule has 3 aliphatic rings. The SMILES string of the molecule is c1cn2c(CN3CCC4(CCNC4)C3)c(C3CC3)nc2s1. The van der Waals surface area contributed by atoms with Crippen LogP contribution >= 0.6 is 11.3 Å². The zero-order chi connectivity index (χ0) is 13.9. The average molecular weight is 302 g/mol. The van der Waals surface area contributed by atoms with E-state index in [9.17, 15) is 0 Å². The molecule has 2 aromatic rings. The number of rotatable bonds is 3. The second-order valence-corrected chi connectivity index (χ2v) is 8.03. The first-order valence-electron chi connectivity index (χ1n) is 8.20. The van der Waals surface area contributed by atoms with E-state index in [-0.39, 0.29) is 0 Å². The van der Waals surface area contributed by atoms with Gasteiger partial charge in [-0.1, -0.05) is 0 Å². The number of hydrogen-bond donors (Lipinski definition) is 1. The fourth-order valence-corrected chi connectivity index (χ4v) is 4.95. The van der Waals surface area contributed by atoms with Gasteiger partial charge in [-0.15, -0.1) is 11.3 Å². The Hall–Kier alpha value is -0.910. The van der Waals surface area contributed by atoms with E-state index in [0.29, 0.717) is 5.41 Å². The van der Waals surface area contributed by atoms with Crippen LogP contribution in [0.2, 0.25) is 0 Å². The molecule has 3 fully saturated rings. The topological polar surface area (TPSA) is 32.6 Å². The molecule has 0 amide bonds. The molecule has 2 aliphatic heterocycles. The number of nitrogens with one attached hydrogen (secondary N) is 1. The van der Waals surface area contributed by atoms with Crippen molar-refractivity contribution in [3.05, 3.63) is 23.0 Å². The molecule has 2 saturated heterocycles. The van der Waals surface area contributed by atoms with Gasteiger partial charge >= 0.3 is 0 Å². The monoisotopic (exact) mass is 302 g/mol. The highest BCUT2D eigenvalue weighted by atomic mass is 32.1. The summed E-state index contributed by atoms with van der Waals surface area (Å²) >= 11 is 1.77. The number of hydrogen-bond acceptors (Lipinski definition) is 4. The first kappa shape index (κ1) is 12.6. The van der Waals surface area contributed by atoms with Gasteiger partial charge < -0.3 is 5.32 Å². The second kappa shape index (κ2) is 4.54. The molecule has 4 nitrogen and oxygen atoms in total. The lowest BCUT2D eigenvalue weighted by Gasteiger charge is -2.23. The highest BCUT2D eigenvalue weighted by Gasteiger charge is 2.41. The molecule has 1 unspecified atom stereocenters. The van der Waals surface area contributed by atoms with Crippen molar-refractivity contribution in [2.75, 3.05) is 26.2 Å². The Bertz CT molecular complexity index is 663. The second-order valence-electron chi connectivity index (χ2n) is 7.16. The summed E-state index contributed by atoms with van der Waals surface area (Å²) in [6, 6.07) is 0. The average Bonchev–Trinajstić information content (AvgIpc) is 2.88. The summed E-state index contributed by atoms with van der Waals surface area (Å²) in [6.45, 7) is 6.04. The summed E-state index contributed by atoms with van der Waals surface area (Å²) in [5.74, 6) is 0.747. The van der Waals surface area contributed by atoms with Crippen LogP contribution in [0, 0.1) is 5.41 Å². The predicted molar refractivity (Wildman–Crippen MR) is 84.9 cm³/mol. The predicted octanol–water partition coefficient (Wildman–Crippen LogP) is 2.46. The normalized spacial score (nSPS) is 30.1. The van der Waals surface area contributed by atoms with Gasteiger partial charge in [0, 0.05) is 37.1 Å². The molecule has 1 aliphatic carbocycles. The Morgan fingerprint density at radius 2 is 2.33 bits per heavy atom. The molecule has 1 atom stereocenters. The van der Waals surface area contributed by atoms with Crippen molar-refractivity contribution >= 4 is 16.3 Å². The van der Waals surface area contributed by atoms with Crippen LogP contribution in [0.4, 0.5) is 0 Å². The standard InChI is InChI=1S/C16H22N4S/c1-2-12(1)14-13(20-7-8-21-15(20)18-14)9-19-6-4-16(11-19)3-5-17-10-16/h7-8,12,17H,1-6,9-11H2. The fraction of sp³-hybridized carbons (Fsp3) is 0.688. The van der Waals surface area contributed by atoms with Crippen LogP contribution in [0.25, 0.3) is 4.96 Å². The van der Waals surface area contributed by atoms with Gasteiger partial charge in [-0.2, -0.15) is 0 Å². The molecule has 4 heterocycles. The fourth-order valence-electron chi connectivity index (χ4n) is 4.21. The van der Waals surface area contributed by atoms with Crippen LogP contribution in [0.15, 0.2) is 11.6 Å². The Balaban J connectivity index is 1.43. The van der Waals surface area contributed by atoms with Crippen molar-refractivity contribution in [1.82, 2.24) is 19.6 Å². The van der Waals surface area contributed by atoms with E-state index in [2.05, 4.69) is 26.2 Å². The van der Waals surface area contributed by atoms with Crippen LogP contribution in [0.1, 0.15) is 43.0 Å². The highest BCUT2D eigenvalue weighted by molar-refractivity contribution is 7.15. The van der Waals surface area contributed by atoms with E-state index in [1.165, 1.54) is 68.2 Å². The molecule has 2 aromatic heterocycles. The number of imidazole rings is 1. The molecule has 5 heteroatoms. The maximum Gasteiger partial charge on any atom is 0.194 e. The summed E-state index contributed by atoms with van der Waals surface area (Å²) in [5.41, 5.74) is 3.43. The summed E-state index contributed by atoms with van der Waals surface area (Å²) in [7, 11) is 0. The number of nitrogens with zero attached hydrogens (tertiary/aromatic N) is 3. The summed E-state index contributed by atoms with van der Waals surface area (Å²) in [4.78, 5) is 8.76. The maximum atomic E-state index is 4.91. The van der Waals surface area contributed by atoms with Crippen LogP contribution in [-0.4, -0.2) is 40.5 Å². The van der Waals surface area contributed by atoms with E-state index < -0.39 is 0 Å².